The first-order valence-electron chi connectivity index (χ1n) is 10.4. The first-order valence-corrected chi connectivity index (χ1v) is 11.8. The molecule has 5 fully saturated rings. The molecule has 6 rings (SSSR count). The topological polar surface area (TPSA) is 41.9 Å². The summed E-state index contributed by atoms with van der Waals surface area (Å²) in [6.07, 6.45) is 10.1. The molecule has 0 N–H and O–H groups in total. The van der Waals surface area contributed by atoms with Crippen LogP contribution in [0.1, 0.15) is 56.6 Å². The number of nitrogens with zero attached hydrogens (tertiary/aromatic N) is 2. The molecule has 0 radical (unpaired) electrons. The van der Waals surface area contributed by atoms with Crippen molar-refractivity contribution in [3.8, 4) is 5.75 Å². The van der Waals surface area contributed by atoms with Crippen molar-refractivity contribution < 1.29 is 9.53 Å². The van der Waals surface area contributed by atoms with Gasteiger partial charge in [0.05, 0.1) is 18.6 Å². The highest BCUT2D eigenvalue weighted by molar-refractivity contribution is 8.23. The lowest BCUT2D eigenvalue weighted by Gasteiger charge is -2.57. The molecule has 1 aromatic carbocycles. The average molecular weight is 415 g/mol. The van der Waals surface area contributed by atoms with Crippen LogP contribution >= 0.6 is 24.0 Å². The number of amides is 1. The lowest BCUT2D eigenvalue weighted by molar-refractivity contribution is -0.123. The van der Waals surface area contributed by atoms with Gasteiger partial charge in [-0.05, 0) is 86.3 Å². The molecule has 4 bridgehead atoms. The number of hydrogen-bond acceptors (Lipinski definition) is 5. The molecule has 1 saturated heterocycles. The van der Waals surface area contributed by atoms with Crippen LogP contribution in [0.25, 0.3) is 0 Å². The lowest BCUT2D eigenvalue weighted by atomic mass is 9.48. The summed E-state index contributed by atoms with van der Waals surface area (Å²) in [4.78, 5) is 12.0. The number of hydrazone groups is 1. The second-order valence-corrected chi connectivity index (χ2v) is 10.5. The van der Waals surface area contributed by atoms with Crippen LogP contribution in [-0.2, 0) is 10.2 Å². The maximum absolute atomic E-state index is 12.0. The predicted octanol–water partition coefficient (Wildman–Crippen LogP) is 4.75. The summed E-state index contributed by atoms with van der Waals surface area (Å²) in [5, 5.41) is 5.74. The molecule has 4 saturated carbocycles. The van der Waals surface area contributed by atoms with Gasteiger partial charge in [-0.15, -0.1) is 0 Å². The van der Waals surface area contributed by atoms with Crippen LogP contribution in [-0.4, -0.2) is 33.8 Å². The van der Waals surface area contributed by atoms with E-state index in [1.807, 2.05) is 6.92 Å². The fraction of sp³-hybridized carbons (Fsp3) is 0.591. The molecule has 148 valence electrons. The molecule has 28 heavy (non-hydrogen) atoms. The third-order valence-corrected chi connectivity index (χ3v) is 8.34. The Kier molecular flexibility index (Phi) is 4.74. The van der Waals surface area contributed by atoms with Gasteiger partial charge in [0.25, 0.3) is 5.91 Å². The van der Waals surface area contributed by atoms with Gasteiger partial charge < -0.3 is 4.74 Å². The summed E-state index contributed by atoms with van der Waals surface area (Å²) < 4.78 is 6.37. The van der Waals surface area contributed by atoms with Crippen LogP contribution < -0.4 is 4.74 Å². The Balaban J connectivity index is 1.48. The Bertz CT molecular complexity index is 800. The van der Waals surface area contributed by atoms with E-state index >= 15 is 0 Å². The molecule has 4 aliphatic carbocycles. The second-order valence-electron chi connectivity index (χ2n) is 8.89. The molecular weight excluding hydrogens is 388 g/mol. The van der Waals surface area contributed by atoms with E-state index in [-0.39, 0.29) is 5.91 Å². The highest BCUT2D eigenvalue weighted by atomic mass is 32.2. The Morgan fingerprint density at radius 3 is 2.50 bits per heavy atom. The third-order valence-electron chi connectivity index (χ3n) is 7.00. The van der Waals surface area contributed by atoms with E-state index in [2.05, 4.69) is 23.3 Å². The number of benzene rings is 1. The van der Waals surface area contributed by atoms with Crippen LogP contribution in [0.5, 0.6) is 5.75 Å². The van der Waals surface area contributed by atoms with E-state index in [9.17, 15) is 4.79 Å². The zero-order valence-electron chi connectivity index (χ0n) is 16.2. The molecule has 6 heteroatoms. The van der Waals surface area contributed by atoms with Gasteiger partial charge in [-0.3, -0.25) is 4.79 Å². The third kappa shape index (κ3) is 3.18. The number of thioether (sulfide) groups is 1. The number of rotatable bonds is 5. The van der Waals surface area contributed by atoms with Crippen molar-refractivity contribution in [1.29, 1.82) is 0 Å². The van der Waals surface area contributed by atoms with E-state index in [0.717, 1.165) is 29.1 Å². The first kappa shape index (κ1) is 18.6. The van der Waals surface area contributed by atoms with Crippen LogP contribution in [0.2, 0.25) is 0 Å². The predicted molar refractivity (Wildman–Crippen MR) is 117 cm³/mol. The van der Waals surface area contributed by atoms with Crippen LogP contribution in [0.15, 0.2) is 23.3 Å². The normalized spacial score (nSPS) is 34.0. The number of ether oxygens (including phenoxy) is 1. The smallest absolute Gasteiger partial charge is 0.259 e. The summed E-state index contributed by atoms with van der Waals surface area (Å²) >= 11 is 6.61. The Morgan fingerprint density at radius 1 is 1.25 bits per heavy atom. The SMILES string of the molecule is CCOc1ccc(C23CC4CC(CC(C4)C2)C3)cc1/C=N/N1C(=O)CSC1=S. The fourth-order valence-electron chi connectivity index (χ4n) is 6.31. The second kappa shape index (κ2) is 7.13. The number of carbonyl (C=O) groups excluding carboxylic acids is 1. The Morgan fingerprint density at radius 2 is 1.93 bits per heavy atom. The van der Waals surface area contributed by atoms with E-state index in [1.165, 1.54) is 60.9 Å². The van der Waals surface area contributed by atoms with Crippen molar-refractivity contribution in [3.63, 3.8) is 0 Å². The van der Waals surface area contributed by atoms with E-state index in [1.54, 1.807) is 6.21 Å². The number of thiocarbonyl (C=S) groups is 1. The zero-order chi connectivity index (χ0) is 19.3. The van der Waals surface area contributed by atoms with Crippen molar-refractivity contribution in [1.82, 2.24) is 5.01 Å². The summed E-state index contributed by atoms with van der Waals surface area (Å²) in [7, 11) is 0. The number of carbonyl (C=O) groups is 1. The molecular formula is C22H26N2O2S2. The maximum Gasteiger partial charge on any atom is 0.259 e. The molecule has 0 unspecified atom stereocenters. The van der Waals surface area contributed by atoms with Crippen LogP contribution in [0.3, 0.4) is 0 Å². The van der Waals surface area contributed by atoms with Gasteiger partial charge in [0.1, 0.15) is 5.75 Å². The standard InChI is InChI=1S/C22H26N2O2S2/c1-2-26-19-4-3-18(8-17(19)12-23-24-20(25)13-28-21(24)27)22-9-14-5-15(10-22)7-16(6-14)11-22/h3-4,8,12,14-16H,2,5-7,9-11,13H2,1H3/b23-12+. The van der Waals surface area contributed by atoms with Crippen molar-refractivity contribution in [3.05, 3.63) is 29.3 Å². The van der Waals surface area contributed by atoms with E-state index in [0.29, 0.717) is 22.1 Å². The monoisotopic (exact) mass is 414 g/mol. The Labute approximate surface area is 176 Å². The van der Waals surface area contributed by atoms with Gasteiger partial charge in [0, 0.05) is 5.56 Å². The fourth-order valence-corrected chi connectivity index (χ4v) is 7.28. The molecule has 5 aliphatic rings. The van der Waals surface area contributed by atoms with Crippen molar-refractivity contribution >= 4 is 40.4 Å². The molecule has 1 aliphatic heterocycles. The van der Waals surface area contributed by atoms with Crippen molar-refractivity contribution in [2.24, 2.45) is 22.9 Å². The van der Waals surface area contributed by atoms with Crippen LogP contribution in [0.4, 0.5) is 0 Å². The minimum absolute atomic E-state index is 0.0542. The van der Waals surface area contributed by atoms with Crippen molar-refractivity contribution in [2.45, 2.75) is 50.9 Å². The zero-order valence-corrected chi connectivity index (χ0v) is 17.9. The molecule has 1 amide bonds. The summed E-state index contributed by atoms with van der Waals surface area (Å²) in [6.45, 7) is 2.60. The largest absolute Gasteiger partial charge is 0.493 e. The average Bonchev–Trinajstić information content (AvgIpc) is 2.98. The molecule has 1 heterocycles. The quantitative estimate of drug-likeness (QED) is 0.515. The maximum atomic E-state index is 12.0. The molecule has 0 spiro atoms. The van der Waals surface area contributed by atoms with Crippen LogP contribution in [0, 0.1) is 17.8 Å². The highest BCUT2D eigenvalue weighted by Crippen LogP contribution is 2.60. The molecule has 0 aromatic heterocycles. The van der Waals surface area contributed by atoms with Gasteiger partial charge >= 0.3 is 0 Å². The lowest BCUT2D eigenvalue weighted by Crippen LogP contribution is -2.48. The Hall–Kier alpha value is -1.40. The van der Waals surface area contributed by atoms with Gasteiger partial charge in [0.2, 0.25) is 0 Å². The summed E-state index contributed by atoms with van der Waals surface area (Å²) in [5.74, 6) is 3.87. The van der Waals surface area contributed by atoms with Crippen molar-refractivity contribution in [2.75, 3.05) is 12.4 Å². The molecule has 1 aromatic rings. The summed E-state index contributed by atoms with van der Waals surface area (Å²) in [6, 6.07) is 6.63. The number of hydrogen-bond donors (Lipinski definition) is 0. The van der Waals surface area contributed by atoms with Gasteiger partial charge in [-0.25, -0.2) is 0 Å². The summed E-state index contributed by atoms with van der Waals surface area (Å²) in [5.41, 5.74) is 2.71. The van der Waals surface area contributed by atoms with Gasteiger partial charge in [-0.1, -0.05) is 30.0 Å². The van der Waals surface area contributed by atoms with Gasteiger partial charge in [-0.2, -0.15) is 10.1 Å². The highest BCUT2D eigenvalue weighted by Gasteiger charge is 2.51. The molecule has 0 atom stereocenters. The minimum Gasteiger partial charge on any atom is -0.493 e. The first-order chi connectivity index (χ1) is 13.6. The van der Waals surface area contributed by atoms with Gasteiger partial charge in [0.15, 0.2) is 4.32 Å². The minimum atomic E-state index is -0.0542. The van der Waals surface area contributed by atoms with E-state index < -0.39 is 0 Å². The van der Waals surface area contributed by atoms with E-state index in [4.69, 9.17) is 17.0 Å². The molecule has 4 nitrogen and oxygen atoms in total.